The van der Waals surface area contributed by atoms with Crippen molar-refractivity contribution in [1.82, 2.24) is 14.8 Å². The first-order chi connectivity index (χ1) is 6.34. The Hall–Kier alpha value is -0.900. The molecule has 0 aromatic carbocycles. The monoisotopic (exact) mass is 179 g/mol. The number of aliphatic hydroxyl groups excluding tert-OH is 1. The van der Waals surface area contributed by atoms with Gasteiger partial charge in [0.2, 0.25) is 0 Å². The molecule has 1 N–H and O–H groups in total. The third-order valence-corrected chi connectivity index (χ3v) is 3.12. The molecule has 4 nitrogen and oxygen atoms in total. The Kier molecular flexibility index (Phi) is 1.47. The van der Waals surface area contributed by atoms with E-state index in [1.807, 2.05) is 0 Å². The van der Waals surface area contributed by atoms with E-state index in [4.69, 9.17) is 0 Å². The fraction of sp³-hybridized carbons (Fsp3) is 0.778. The number of aliphatic hydroxyl groups is 1. The van der Waals surface area contributed by atoms with Crippen LogP contribution in [-0.4, -0.2) is 26.0 Å². The minimum atomic E-state index is -0.0978. The largest absolute Gasteiger partial charge is 0.393 e. The number of fused-ring (bicyclic) bond motifs is 1. The minimum absolute atomic E-state index is 0.0978. The first-order valence-corrected chi connectivity index (χ1v) is 4.94. The van der Waals surface area contributed by atoms with E-state index >= 15 is 0 Å². The molecule has 2 aliphatic rings. The normalized spacial score (nSPS) is 31.5. The maximum Gasteiger partial charge on any atom is 0.136 e. The predicted octanol–water partition coefficient (Wildman–Crippen LogP) is 0.463. The highest BCUT2D eigenvalue weighted by Gasteiger charge is 2.33. The Labute approximate surface area is 76.6 Å². The van der Waals surface area contributed by atoms with E-state index in [9.17, 15) is 5.11 Å². The number of hydrogen-bond donors (Lipinski definition) is 1. The average Bonchev–Trinajstić information content (AvgIpc) is 2.58. The van der Waals surface area contributed by atoms with Crippen LogP contribution in [0, 0.1) is 0 Å². The van der Waals surface area contributed by atoms with Crippen molar-refractivity contribution >= 4 is 0 Å². The van der Waals surface area contributed by atoms with Crippen molar-refractivity contribution in [3.63, 3.8) is 0 Å². The van der Waals surface area contributed by atoms with Gasteiger partial charge in [0.15, 0.2) is 0 Å². The lowest BCUT2D eigenvalue weighted by Gasteiger charge is -2.30. The van der Waals surface area contributed by atoms with Gasteiger partial charge >= 0.3 is 0 Å². The number of rotatable bonds is 1. The van der Waals surface area contributed by atoms with Gasteiger partial charge in [-0.15, -0.1) is 10.2 Å². The molecule has 0 spiro atoms. The van der Waals surface area contributed by atoms with Crippen LogP contribution in [0.3, 0.4) is 0 Å². The first-order valence-electron chi connectivity index (χ1n) is 4.94. The number of aromatic nitrogens is 3. The molecular weight excluding hydrogens is 166 g/mol. The summed E-state index contributed by atoms with van der Waals surface area (Å²) >= 11 is 0. The third kappa shape index (κ3) is 1.01. The zero-order valence-electron chi connectivity index (χ0n) is 7.48. The minimum Gasteiger partial charge on any atom is -0.393 e. The Balaban J connectivity index is 1.89. The fourth-order valence-corrected chi connectivity index (χ4v) is 2.27. The molecular formula is C9H13N3O. The van der Waals surface area contributed by atoms with Crippen LogP contribution in [-0.2, 0) is 13.0 Å². The van der Waals surface area contributed by atoms with E-state index in [-0.39, 0.29) is 6.10 Å². The summed E-state index contributed by atoms with van der Waals surface area (Å²) in [6.45, 7) is 1.07. The SMILES string of the molecule is OC1CC(c2nnc3n2CCC3)C1. The zero-order valence-corrected chi connectivity index (χ0v) is 7.48. The van der Waals surface area contributed by atoms with E-state index in [1.165, 1.54) is 6.42 Å². The summed E-state index contributed by atoms with van der Waals surface area (Å²) in [7, 11) is 0. The van der Waals surface area contributed by atoms with Gasteiger partial charge in [0.1, 0.15) is 11.6 Å². The van der Waals surface area contributed by atoms with Crippen LogP contribution in [0.25, 0.3) is 0 Å². The van der Waals surface area contributed by atoms with Gasteiger partial charge < -0.3 is 9.67 Å². The van der Waals surface area contributed by atoms with Gasteiger partial charge in [-0.2, -0.15) is 0 Å². The zero-order chi connectivity index (χ0) is 8.84. The molecule has 3 rings (SSSR count). The van der Waals surface area contributed by atoms with Gasteiger partial charge in [-0.25, -0.2) is 0 Å². The van der Waals surface area contributed by atoms with Crippen molar-refractivity contribution in [3.05, 3.63) is 11.6 Å². The van der Waals surface area contributed by atoms with Gasteiger partial charge in [0.05, 0.1) is 6.10 Å². The summed E-state index contributed by atoms with van der Waals surface area (Å²) in [5.41, 5.74) is 0. The van der Waals surface area contributed by atoms with Crippen LogP contribution >= 0.6 is 0 Å². The van der Waals surface area contributed by atoms with E-state index in [0.29, 0.717) is 5.92 Å². The molecule has 1 fully saturated rings. The highest BCUT2D eigenvalue weighted by Crippen LogP contribution is 2.36. The molecule has 0 radical (unpaired) electrons. The Morgan fingerprint density at radius 1 is 1.31 bits per heavy atom. The lowest BCUT2D eigenvalue weighted by molar-refractivity contribution is 0.0703. The molecule has 13 heavy (non-hydrogen) atoms. The van der Waals surface area contributed by atoms with Crippen molar-refractivity contribution in [3.8, 4) is 0 Å². The highest BCUT2D eigenvalue weighted by atomic mass is 16.3. The second-order valence-corrected chi connectivity index (χ2v) is 4.05. The molecule has 1 aliphatic heterocycles. The van der Waals surface area contributed by atoms with Crippen LogP contribution in [0.5, 0.6) is 0 Å². The standard InChI is InChI=1S/C9H13N3O/c13-7-4-6(5-7)9-11-10-8-2-1-3-12(8)9/h6-7,13H,1-5H2. The Morgan fingerprint density at radius 3 is 2.92 bits per heavy atom. The van der Waals surface area contributed by atoms with Gasteiger partial charge in [-0.05, 0) is 19.3 Å². The topological polar surface area (TPSA) is 50.9 Å². The average molecular weight is 179 g/mol. The fourth-order valence-electron chi connectivity index (χ4n) is 2.27. The summed E-state index contributed by atoms with van der Waals surface area (Å²) in [4.78, 5) is 0. The molecule has 1 aromatic rings. The predicted molar refractivity (Wildman–Crippen MR) is 46.3 cm³/mol. The van der Waals surface area contributed by atoms with Crippen LogP contribution in [0.15, 0.2) is 0 Å². The van der Waals surface area contributed by atoms with Gasteiger partial charge in [-0.1, -0.05) is 0 Å². The Bertz CT molecular complexity index is 328. The third-order valence-electron chi connectivity index (χ3n) is 3.12. The summed E-state index contributed by atoms with van der Waals surface area (Å²) < 4.78 is 2.23. The Morgan fingerprint density at radius 2 is 2.15 bits per heavy atom. The number of aryl methyl sites for hydroxylation is 1. The van der Waals surface area contributed by atoms with E-state index < -0.39 is 0 Å². The van der Waals surface area contributed by atoms with Crippen LogP contribution in [0.2, 0.25) is 0 Å². The van der Waals surface area contributed by atoms with E-state index in [1.54, 1.807) is 0 Å². The van der Waals surface area contributed by atoms with Crippen molar-refractivity contribution in [2.45, 2.75) is 44.2 Å². The first kappa shape index (κ1) is 7.50. The molecule has 0 bridgehead atoms. The van der Waals surface area contributed by atoms with Gasteiger partial charge in [0.25, 0.3) is 0 Å². The molecule has 2 heterocycles. The van der Waals surface area contributed by atoms with Gasteiger partial charge in [-0.3, -0.25) is 0 Å². The van der Waals surface area contributed by atoms with Crippen molar-refractivity contribution < 1.29 is 5.11 Å². The second kappa shape index (κ2) is 2.54. The molecule has 0 saturated heterocycles. The van der Waals surface area contributed by atoms with Crippen molar-refractivity contribution in [2.75, 3.05) is 0 Å². The van der Waals surface area contributed by atoms with Crippen LogP contribution in [0.4, 0.5) is 0 Å². The van der Waals surface area contributed by atoms with Crippen LogP contribution in [0.1, 0.15) is 36.8 Å². The van der Waals surface area contributed by atoms with Crippen molar-refractivity contribution in [2.24, 2.45) is 0 Å². The highest BCUT2D eigenvalue weighted by molar-refractivity contribution is 5.09. The molecule has 0 atom stereocenters. The molecule has 1 aromatic heterocycles. The van der Waals surface area contributed by atoms with E-state index in [2.05, 4.69) is 14.8 Å². The maximum absolute atomic E-state index is 9.21. The molecule has 4 heteroatoms. The van der Waals surface area contributed by atoms with Crippen molar-refractivity contribution in [1.29, 1.82) is 0 Å². The summed E-state index contributed by atoms with van der Waals surface area (Å²) in [6, 6.07) is 0. The molecule has 0 unspecified atom stereocenters. The summed E-state index contributed by atoms with van der Waals surface area (Å²) in [6.07, 6.45) is 3.92. The molecule has 70 valence electrons. The molecule has 1 aliphatic carbocycles. The summed E-state index contributed by atoms with van der Waals surface area (Å²) in [5, 5.41) is 17.6. The summed E-state index contributed by atoms with van der Waals surface area (Å²) in [5.74, 6) is 2.71. The lowest BCUT2D eigenvalue weighted by atomic mass is 9.82. The maximum atomic E-state index is 9.21. The number of nitrogens with zero attached hydrogens (tertiary/aromatic N) is 3. The molecule has 0 amide bonds. The number of hydrogen-bond acceptors (Lipinski definition) is 3. The molecule has 1 saturated carbocycles. The quantitative estimate of drug-likeness (QED) is 0.681. The lowest BCUT2D eigenvalue weighted by Crippen LogP contribution is -2.28. The van der Waals surface area contributed by atoms with Gasteiger partial charge in [0, 0.05) is 18.9 Å². The van der Waals surface area contributed by atoms with Crippen LogP contribution < -0.4 is 0 Å². The van der Waals surface area contributed by atoms with E-state index in [0.717, 1.165) is 37.5 Å². The second-order valence-electron chi connectivity index (χ2n) is 4.05. The smallest absolute Gasteiger partial charge is 0.136 e.